The quantitative estimate of drug-likeness (QED) is 0.298. The number of aryl methyl sites for hydroxylation is 1. The molecule has 2 heterocycles. The number of rotatable bonds is 2. The summed E-state index contributed by atoms with van der Waals surface area (Å²) in [4.78, 5) is 0. The van der Waals surface area contributed by atoms with Crippen LogP contribution in [-0.2, 0) is 17.9 Å². The molecule has 0 fully saturated rings. The van der Waals surface area contributed by atoms with Gasteiger partial charge in [0.1, 0.15) is 18.2 Å². The molecule has 1 aliphatic rings. The summed E-state index contributed by atoms with van der Waals surface area (Å²) >= 11 is 0. The van der Waals surface area contributed by atoms with Crippen LogP contribution < -0.4 is 4.57 Å². The Morgan fingerprint density at radius 2 is 1.56 bits per heavy atom. The van der Waals surface area contributed by atoms with E-state index in [0.717, 1.165) is 11.2 Å². The third-order valence-corrected chi connectivity index (χ3v) is 7.88. The molecule has 2 nitrogen and oxygen atoms in total. The van der Waals surface area contributed by atoms with Crippen molar-refractivity contribution in [2.75, 3.05) is 0 Å². The van der Waals surface area contributed by atoms with Crippen molar-refractivity contribution in [3.05, 3.63) is 64.8 Å². The summed E-state index contributed by atoms with van der Waals surface area (Å²) in [5, 5.41) is 2.56. The minimum absolute atomic E-state index is 0.114. The predicted octanol–water partition coefficient (Wildman–Crippen LogP) is 7.86. The molecule has 32 heavy (non-hydrogen) atoms. The Kier molecular flexibility index (Phi) is 4.61. The fraction of sp³-hybridized carbons (Fsp3) is 0.433. The lowest BCUT2D eigenvalue weighted by atomic mass is 9.60. The first-order chi connectivity index (χ1) is 15.0. The van der Waals surface area contributed by atoms with Crippen LogP contribution in [0.4, 0.5) is 0 Å². The molecule has 0 spiro atoms. The van der Waals surface area contributed by atoms with Crippen LogP contribution >= 0.6 is 0 Å². The number of benzene rings is 2. The van der Waals surface area contributed by atoms with Crippen LogP contribution in [-0.4, -0.2) is 0 Å². The summed E-state index contributed by atoms with van der Waals surface area (Å²) in [5.41, 5.74) is 10.5. The zero-order chi connectivity index (χ0) is 23.0. The van der Waals surface area contributed by atoms with Crippen molar-refractivity contribution in [1.29, 1.82) is 0 Å². The Morgan fingerprint density at radius 1 is 0.906 bits per heavy atom. The van der Waals surface area contributed by atoms with Crippen molar-refractivity contribution in [2.45, 2.75) is 78.1 Å². The third kappa shape index (κ3) is 2.95. The molecule has 0 radical (unpaired) electrons. The van der Waals surface area contributed by atoms with Crippen molar-refractivity contribution in [3.63, 3.8) is 0 Å². The molecule has 166 valence electrons. The second kappa shape index (κ2) is 6.94. The van der Waals surface area contributed by atoms with Gasteiger partial charge in [-0.1, -0.05) is 59.7 Å². The second-order valence-electron chi connectivity index (χ2n) is 11.4. The average molecular weight is 427 g/mol. The van der Waals surface area contributed by atoms with Gasteiger partial charge in [-0.25, -0.2) is 4.57 Å². The van der Waals surface area contributed by atoms with Gasteiger partial charge < -0.3 is 4.42 Å². The number of hydrogen-bond acceptors (Lipinski definition) is 1. The van der Waals surface area contributed by atoms with Gasteiger partial charge in [0, 0.05) is 22.4 Å². The molecule has 4 aromatic rings. The van der Waals surface area contributed by atoms with E-state index in [1.54, 1.807) is 0 Å². The molecule has 0 saturated carbocycles. The molecule has 1 aliphatic carbocycles. The molecular formula is C30H36NO+. The van der Waals surface area contributed by atoms with E-state index in [1.807, 2.05) is 0 Å². The summed E-state index contributed by atoms with van der Waals surface area (Å²) < 4.78 is 8.96. The molecule has 0 aliphatic heterocycles. The second-order valence-corrected chi connectivity index (χ2v) is 11.4. The lowest BCUT2D eigenvalue weighted by Gasteiger charge is -2.43. The lowest BCUT2D eigenvalue weighted by molar-refractivity contribution is -0.660. The first-order valence-electron chi connectivity index (χ1n) is 12.0. The Balaban J connectivity index is 2.00. The fourth-order valence-corrected chi connectivity index (χ4v) is 6.01. The minimum Gasteiger partial charge on any atom is -0.455 e. The van der Waals surface area contributed by atoms with Crippen LogP contribution in [0.25, 0.3) is 33.2 Å². The largest absolute Gasteiger partial charge is 0.455 e. The van der Waals surface area contributed by atoms with Crippen LogP contribution in [0.3, 0.4) is 0 Å². The highest BCUT2D eigenvalue weighted by molar-refractivity contribution is 6.12. The zero-order valence-electron chi connectivity index (χ0n) is 20.9. The minimum atomic E-state index is 0.114. The highest BCUT2D eigenvalue weighted by Gasteiger charge is 2.42. The van der Waals surface area contributed by atoms with Gasteiger partial charge in [-0.3, -0.25) is 0 Å². The van der Waals surface area contributed by atoms with Gasteiger partial charge in [0.15, 0.2) is 6.20 Å². The molecule has 2 heteroatoms. The standard InChI is InChI=1S/C30H36NO/c1-18(2)20-13-14-22(31(8)17-20)24-19(3)26-27(30(6,7)16-15-29(26,4)5)25-21-11-9-10-12-23(21)32-28(24)25/h9-14,17-18H,15-16H2,1-8H3/q+1. The van der Waals surface area contributed by atoms with Crippen molar-refractivity contribution < 1.29 is 8.98 Å². The summed E-state index contributed by atoms with van der Waals surface area (Å²) in [5.74, 6) is 0.505. The molecule has 0 amide bonds. The maximum Gasteiger partial charge on any atom is 0.216 e. The Labute approximate surface area is 192 Å². The van der Waals surface area contributed by atoms with E-state index < -0.39 is 0 Å². The van der Waals surface area contributed by atoms with Crippen LogP contribution in [0.1, 0.15) is 82.6 Å². The van der Waals surface area contributed by atoms with Crippen molar-refractivity contribution in [3.8, 4) is 11.3 Å². The van der Waals surface area contributed by atoms with Crippen LogP contribution in [0.15, 0.2) is 47.0 Å². The molecular weight excluding hydrogens is 390 g/mol. The molecule has 2 aromatic carbocycles. The summed E-state index contributed by atoms with van der Waals surface area (Å²) in [6.45, 7) is 16.5. The Hall–Kier alpha value is -2.61. The van der Waals surface area contributed by atoms with E-state index in [1.165, 1.54) is 57.1 Å². The van der Waals surface area contributed by atoms with E-state index in [2.05, 4.69) is 103 Å². The van der Waals surface area contributed by atoms with Gasteiger partial charge in [0.2, 0.25) is 5.69 Å². The van der Waals surface area contributed by atoms with Gasteiger partial charge in [-0.2, -0.15) is 0 Å². The third-order valence-electron chi connectivity index (χ3n) is 7.88. The van der Waals surface area contributed by atoms with E-state index in [0.29, 0.717) is 5.92 Å². The van der Waals surface area contributed by atoms with Crippen molar-refractivity contribution in [1.82, 2.24) is 0 Å². The van der Waals surface area contributed by atoms with E-state index >= 15 is 0 Å². The zero-order valence-corrected chi connectivity index (χ0v) is 20.9. The van der Waals surface area contributed by atoms with E-state index in [4.69, 9.17) is 4.42 Å². The molecule has 0 unspecified atom stereocenters. The summed E-state index contributed by atoms with van der Waals surface area (Å²) in [6.07, 6.45) is 4.67. The van der Waals surface area contributed by atoms with Crippen LogP contribution in [0, 0.1) is 6.92 Å². The first kappa shape index (κ1) is 21.2. The first-order valence-corrected chi connectivity index (χ1v) is 12.0. The SMILES string of the molecule is Cc1c2c(c3c(oc4ccccc43)c1-c1ccc(C(C)C)c[n+]1C)C(C)(C)CCC2(C)C. The number of para-hydroxylation sites is 1. The summed E-state index contributed by atoms with van der Waals surface area (Å²) in [6, 6.07) is 13.1. The maximum atomic E-state index is 6.67. The fourth-order valence-electron chi connectivity index (χ4n) is 6.01. The molecule has 0 bridgehead atoms. The van der Waals surface area contributed by atoms with Crippen LogP contribution in [0.2, 0.25) is 0 Å². The Morgan fingerprint density at radius 3 is 2.22 bits per heavy atom. The van der Waals surface area contributed by atoms with Crippen LogP contribution in [0.5, 0.6) is 0 Å². The van der Waals surface area contributed by atoms with Crippen molar-refractivity contribution >= 4 is 21.9 Å². The van der Waals surface area contributed by atoms with Gasteiger partial charge in [0.05, 0.1) is 5.56 Å². The predicted molar refractivity (Wildman–Crippen MR) is 134 cm³/mol. The molecule has 5 rings (SSSR count). The topological polar surface area (TPSA) is 17.0 Å². The number of fused-ring (bicyclic) bond motifs is 5. The average Bonchev–Trinajstić information content (AvgIpc) is 3.10. The monoisotopic (exact) mass is 426 g/mol. The number of aromatic nitrogens is 1. The highest BCUT2D eigenvalue weighted by Crippen LogP contribution is 2.54. The lowest BCUT2D eigenvalue weighted by Crippen LogP contribution is -2.36. The molecule has 0 N–H and O–H groups in total. The van der Waals surface area contributed by atoms with Gasteiger partial charge >= 0.3 is 0 Å². The van der Waals surface area contributed by atoms with Gasteiger partial charge in [0.25, 0.3) is 0 Å². The smallest absolute Gasteiger partial charge is 0.216 e. The number of furan rings is 1. The van der Waals surface area contributed by atoms with Gasteiger partial charge in [-0.05, 0) is 65.3 Å². The number of pyridine rings is 1. The molecule has 2 aromatic heterocycles. The van der Waals surface area contributed by atoms with E-state index in [9.17, 15) is 0 Å². The van der Waals surface area contributed by atoms with Gasteiger partial charge in [-0.15, -0.1) is 0 Å². The molecule has 0 saturated heterocycles. The Bertz CT molecular complexity index is 1370. The summed E-state index contributed by atoms with van der Waals surface area (Å²) in [7, 11) is 2.17. The number of hydrogen-bond donors (Lipinski definition) is 0. The van der Waals surface area contributed by atoms with Crippen molar-refractivity contribution in [2.24, 2.45) is 7.05 Å². The van der Waals surface area contributed by atoms with E-state index in [-0.39, 0.29) is 10.8 Å². The normalized spacial score (nSPS) is 17.3. The highest BCUT2D eigenvalue weighted by atomic mass is 16.3. The molecule has 0 atom stereocenters. The maximum absolute atomic E-state index is 6.67. The number of nitrogens with zero attached hydrogens (tertiary/aromatic N) is 1.